The smallest absolute Gasteiger partial charge is 0.248 e. The monoisotopic (exact) mass is 492 g/mol. The largest absolute Gasteiger partial charge is 0.366 e. The lowest BCUT2D eigenvalue weighted by Crippen LogP contribution is -2.40. The number of benzene rings is 1. The summed E-state index contributed by atoms with van der Waals surface area (Å²) in [5, 5.41) is 20.3. The first kappa shape index (κ1) is 24.0. The minimum atomic E-state index is -0.452. The number of hydrogen-bond donors (Lipinski definition) is 1. The van der Waals surface area contributed by atoms with Crippen molar-refractivity contribution >= 4 is 24.0 Å². The normalized spacial score (nSPS) is 15.0. The lowest BCUT2D eigenvalue weighted by molar-refractivity contribution is 0.100. The van der Waals surface area contributed by atoms with E-state index < -0.39 is 5.91 Å². The second-order valence-corrected chi connectivity index (χ2v) is 9.21. The molecule has 0 saturated heterocycles. The van der Waals surface area contributed by atoms with Crippen LogP contribution in [0.4, 0.5) is 5.82 Å². The number of anilines is 1. The zero-order chi connectivity index (χ0) is 25.9. The van der Waals surface area contributed by atoms with Crippen molar-refractivity contribution in [2.24, 2.45) is 10.8 Å². The second kappa shape index (κ2) is 10.1. The number of amides is 1. The minimum Gasteiger partial charge on any atom is -0.366 e. The molecule has 0 aliphatic carbocycles. The maximum absolute atomic E-state index is 11.5. The van der Waals surface area contributed by atoms with Gasteiger partial charge in [0.25, 0.3) is 0 Å². The molecule has 2 aromatic heterocycles. The molecule has 1 unspecified atom stereocenters. The molecule has 1 aromatic carbocycles. The number of aromatic nitrogens is 3. The van der Waals surface area contributed by atoms with Crippen LogP contribution in [0.15, 0.2) is 71.7 Å². The van der Waals surface area contributed by atoms with Crippen LogP contribution in [0.5, 0.6) is 0 Å². The van der Waals surface area contributed by atoms with E-state index in [0.29, 0.717) is 11.1 Å². The Morgan fingerprint density at radius 1 is 1.22 bits per heavy atom. The van der Waals surface area contributed by atoms with Gasteiger partial charge < -0.3 is 10.6 Å². The summed E-state index contributed by atoms with van der Waals surface area (Å²) in [7, 11) is 0. The van der Waals surface area contributed by atoms with Crippen molar-refractivity contribution in [3.8, 4) is 17.2 Å². The van der Waals surface area contributed by atoms with Crippen LogP contribution in [0.25, 0.3) is 17.2 Å². The van der Waals surface area contributed by atoms with Gasteiger partial charge >= 0.3 is 0 Å². The fourth-order valence-electron chi connectivity index (χ4n) is 4.80. The Morgan fingerprint density at radius 2 is 2.03 bits per heavy atom. The summed E-state index contributed by atoms with van der Waals surface area (Å²) >= 11 is 0. The first-order valence-corrected chi connectivity index (χ1v) is 12.2. The van der Waals surface area contributed by atoms with Gasteiger partial charge in [-0.3, -0.25) is 14.5 Å². The molecule has 2 N–H and O–H groups in total. The number of carbonyl (C=O) groups excluding carboxylic acids is 1. The molecule has 0 saturated carbocycles. The summed E-state index contributed by atoms with van der Waals surface area (Å²) in [4.78, 5) is 18.2. The predicted molar refractivity (Wildman–Crippen MR) is 143 cm³/mol. The number of nitrogens with zero attached hydrogens (tertiary/aromatic N) is 7. The Bertz CT molecular complexity index is 1430. The van der Waals surface area contributed by atoms with Gasteiger partial charge in [0.2, 0.25) is 5.91 Å². The van der Waals surface area contributed by atoms with E-state index in [-0.39, 0.29) is 6.04 Å². The lowest BCUT2D eigenvalue weighted by Gasteiger charge is -2.35. The van der Waals surface area contributed by atoms with Crippen LogP contribution in [-0.2, 0) is 6.54 Å². The van der Waals surface area contributed by atoms with E-state index in [2.05, 4.69) is 50.7 Å². The fourth-order valence-corrected chi connectivity index (χ4v) is 4.80. The first-order chi connectivity index (χ1) is 17.9. The third-order valence-corrected chi connectivity index (χ3v) is 6.73. The molecular weight excluding hydrogens is 464 g/mol. The van der Waals surface area contributed by atoms with Crippen molar-refractivity contribution in [3.05, 3.63) is 83.5 Å². The van der Waals surface area contributed by atoms with Crippen LogP contribution < -0.4 is 10.6 Å². The van der Waals surface area contributed by atoms with Gasteiger partial charge in [-0.05, 0) is 54.8 Å². The fraction of sp³-hybridized carbons (Fsp3) is 0.250. The molecular formula is C28H28N8O. The third-order valence-electron chi connectivity index (χ3n) is 6.73. The van der Waals surface area contributed by atoms with E-state index in [1.165, 1.54) is 0 Å². The Labute approximate surface area is 215 Å². The van der Waals surface area contributed by atoms with Crippen LogP contribution in [-0.4, -0.2) is 51.0 Å². The summed E-state index contributed by atoms with van der Waals surface area (Å²) in [5.74, 6) is 0.286. The molecule has 1 amide bonds. The van der Waals surface area contributed by atoms with E-state index in [9.17, 15) is 10.1 Å². The molecule has 186 valence electrons. The SMILES string of the molecule is C=C(C1=Cc2c(-c3ccc(C(N)=O)cc3)cnn2CC1)N(c1ccc(C#N)cn1)C(C)CN1CCC=N1. The molecule has 5 rings (SSSR count). The highest BCUT2D eigenvalue weighted by Gasteiger charge is 2.26. The van der Waals surface area contributed by atoms with Gasteiger partial charge in [-0.15, -0.1) is 0 Å². The van der Waals surface area contributed by atoms with Crippen LogP contribution in [0.2, 0.25) is 0 Å². The number of pyridine rings is 1. The molecule has 1 atom stereocenters. The van der Waals surface area contributed by atoms with E-state index >= 15 is 0 Å². The molecule has 37 heavy (non-hydrogen) atoms. The topological polar surface area (TPSA) is 116 Å². The Morgan fingerprint density at radius 3 is 2.68 bits per heavy atom. The number of hydrazone groups is 1. The molecule has 2 aliphatic heterocycles. The quantitative estimate of drug-likeness (QED) is 0.511. The number of allylic oxidation sites excluding steroid dienone is 1. The predicted octanol–water partition coefficient (Wildman–Crippen LogP) is 3.80. The number of nitriles is 1. The molecule has 2 aliphatic rings. The maximum Gasteiger partial charge on any atom is 0.248 e. The van der Waals surface area contributed by atoms with Gasteiger partial charge in [-0.2, -0.15) is 15.5 Å². The van der Waals surface area contributed by atoms with Crippen LogP contribution >= 0.6 is 0 Å². The number of hydrogen-bond acceptors (Lipinski definition) is 7. The van der Waals surface area contributed by atoms with Gasteiger partial charge in [-0.25, -0.2) is 4.98 Å². The second-order valence-electron chi connectivity index (χ2n) is 9.21. The van der Waals surface area contributed by atoms with Crippen molar-refractivity contribution in [1.82, 2.24) is 19.8 Å². The number of aryl methyl sites for hydroxylation is 1. The standard InChI is InChI=1S/C28H28N8O/c1-19(18-34-12-3-11-32-34)36(27-9-4-21(15-29)16-31-27)20(2)24-10-13-35-26(14-24)25(17-33-35)22-5-7-23(8-6-22)28(30)37/h4-9,11,14,16-17,19H,2-3,10,12-13,18H2,1H3,(H2,30,37). The third kappa shape index (κ3) is 4.86. The van der Waals surface area contributed by atoms with Gasteiger partial charge in [0, 0.05) is 48.7 Å². The number of rotatable bonds is 8. The van der Waals surface area contributed by atoms with Crippen LogP contribution in [0.3, 0.4) is 0 Å². The van der Waals surface area contributed by atoms with Crippen molar-refractivity contribution in [2.45, 2.75) is 32.4 Å². The van der Waals surface area contributed by atoms with Gasteiger partial charge in [0.15, 0.2) is 0 Å². The summed E-state index contributed by atoms with van der Waals surface area (Å²) in [5.41, 5.74) is 11.2. The van der Waals surface area contributed by atoms with Gasteiger partial charge in [-0.1, -0.05) is 18.7 Å². The summed E-state index contributed by atoms with van der Waals surface area (Å²) in [6, 6.07) is 13.1. The minimum absolute atomic E-state index is 0.0386. The summed E-state index contributed by atoms with van der Waals surface area (Å²) < 4.78 is 1.99. The lowest BCUT2D eigenvalue weighted by atomic mass is 9.98. The molecule has 9 heteroatoms. The Kier molecular flexibility index (Phi) is 6.56. The van der Waals surface area contributed by atoms with Crippen molar-refractivity contribution < 1.29 is 4.79 Å². The van der Waals surface area contributed by atoms with Crippen molar-refractivity contribution in [3.63, 3.8) is 0 Å². The number of nitrogens with two attached hydrogens (primary N) is 1. The molecule has 9 nitrogen and oxygen atoms in total. The summed E-state index contributed by atoms with van der Waals surface area (Å²) in [6.45, 7) is 8.97. The molecule has 0 spiro atoms. The highest BCUT2D eigenvalue weighted by molar-refractivity contribution is 5.93. The molecule has 0 radical (unpaired) electrons. The first-order valence-electron chi connectivity index (χ1n) is 12.2. The van der Waals surface area contributed by atoms with Crippen LogP contribution in [0, 0.1) is 11.3 Å². The van der Waals surface area contributed by atoms with Crippen molar-refractivity contribution in [2.75, 3.05) is 18.0 Å². The molecule has 3 aromatic rings. The zero-order valence-corrected chi connectivity index (χ0v) is 20.7. The Hall–Kier alpha value is -4.71. The maximum atomic E-state index is 11.5. The van der Waals surface area contributed by atoms with E-state index in [4.69, 9.17) is 5.73 Å². The van der Waals surface area contributed by atoms with E-state index in [1.54, 1.807) is 24.4 Å². The number of primary amides is 1. The van der Waals surface area contributed by atoms with Crippen molar-refractivity contribution in [1.29, 1.82) is 5.26 Å². The number of carbonyl (C=O) groups is 1. The molecule has 0 bridgehead atoms. The average molecular weight is 493 g/mol. The van der Waals surface area contributed by atoms with E-state index in [0.717, 1.165) is 66.4 Å². The van der Waals surface area contributed by atoms with Gasteiger partial charge in [0.05, 0.1) is 30.0 Å². The van der Waals surface area contributed by atoms with E-state index in [1.807, 2.05) is 35.3 Å². The number of fused-ring (bicyclic) bond motifs is 1. The zero-order valence-electron chi connectivity index (χ0n) is 20.7. The van der Waals surface area contributed by atoms with Crippen LogP contribution in [0.1, 0.15) is 41.4 Å². The highest BCUT2D eigenvalue weighted by atomic mass is 16.1. The average Bonchev–Trinajstić information content (AvgIpc) is 3.58. The highest BCUT2D eigenvalue weighted by Crippen LogP contribution is 2.34. The Balaban J connectivity index is 1.48. The molecule has 4 heterocycles. The summed E-state index contributed by atoms with van der Waals surface area (Å²) in [6.07, 6.45) is 9.23. The molecule has 0 fully saturated rings. The van der Waals surface area contributed by atoms with Gasteiger partial charge in [0.1, 0.15) is 11.9 Å².